The normalized spacial score (nSPS) is 15.3. The van der Waals surface area contributed by atoms with E-state index in [1.807, 2.05) is 24.3 Å². The zero-order chi connectivity index (χ0) is 16.9. The van der Waals surface area contributed by atoms with Crippen molar-refractivity contribution in [3.63, 3.8) is 0 Å². The fraction of sp³-hybridized carbons (Fsp3) is 0.444. The molecule has 1 fully saturated rings. The molecule has 0 unspecified atom stereocenters. The molecular formula is C18H25N5O. The third-order valence-electron chi connectivity index (χ3n) is 4.57. The van der Waals surface area contributed by atoms with Crippen LogP contribution in [0.15, 0.2) is 30.6 Å². The van der Waals surface area contributed by atoms with Gasteiger partial charge in [-0.05, 0) is 36.5 Å². The van der Waals surface area contributed by atoms with Gasteiger partial charge in [-0.25, -0.2) is 9.97 Å². The van der Waals surface area contributed by atoms with Gasteiger partial charge in [0.15, 0.2) is 11.6 Å². The number of nitrogens with two attached hydrogens (primary N) is 1. The largest absolute Gasteiger partial charge is 0.497 e. The van der Waals surface area contributed by atoms with Crippen molar-refractivity contribution < 1.29 is 4.74 Å². The van der Waals surface area contributed by atoms with Crippen molar-refractivity contribution >= 4 is 17.3 Å². The summed E-state index contributed by atoms with van der Waals surface area (Å²) in [5, 5.41) is 3.31. The van der Waals surface area contributed by atoms with Gasteiger partial charge in [-0.1, -0.05) is 19.1 Å². The lowest BCUT2D eigenvalue weighted by Gasteiger charge is -2.32. The summed E-state index contributed by atoms with van der Waals surface area (Å²) in [4.78, 5) is 11.0. The van der Waals surface area contributed by atoms with Crippen LogP contribution >= 0.6 is 0 Å². The molecule has 3 rings (SSSR count). The standard InChI is InChI=1S/C18H25N5O/c1-13-7-9-23(10-8-13)18-16(19)17(21-12-22-18)20-11-14-3-5-15(24-2)6-4-14/h3-6,12-13H,7-11,19H2,1-2H3,(H,20,21,22). The van der Waals surface area contributed by atoms with E-state index in [0.29, 0.717) is 18.1 Å². The SMILES string of the molecule is COc1ccc(CNc2ncnc(N3CCC(C)CC3)c2N)cc1. The molecule has 1 aliphatic rings. The van der Waals surface area contributed by atoms with Crippen molar-refractivity contribution in [3.05, 3.63) is 36.2 Å². The second-order valence-corrected chi connectivity index (χ2v) is 6.33. The Labute approximate surface area is 143 Å². The molecule has 3 N–H and O–H groups in total. The first-order valence-electron chi connectivity index (χ1n) is 8.39. The van der Waals surface area contributed by atoms with Gasteiger partial charge in [-0.3, -0.25) is 0 Å². The van der Waals surface area contributed by atoms with Crippen LogP contribution in [0.25, 0.3) is 0 Å². The van der Waals surface area contributed by atoms with Crippen molar-refractivity contribution in [1.29, 1.82) is 0 Å². The molecule has 0 bridgehead atoms. The minimum absolute atomic E-state index is 0.626. The highest BCUT2D eigenvalue weighted by Crippen LogP contribution is 2.29. The highest BCUT2D eigenvalue weighted by atomic mass is 16.5. The highest BCUT2D eigenvalue weighted by Gasteiger charge is 2.20. The maximum absolute atomic E-state index is 6.31. The molecule has 2 heterocycles. The summed E-state index contributed by atoms with van der Waals surface area (Å²) in [6, 6.07) is 7.94. The fourth-order valence-corrected chi connectivity index (χ4v) is 2.93. The molecule has 0 atom stereocenters. The maximum atomic E-state index is 6.31. The molecule has 1 aliphatic heterocycles. The average molecular weight is 327 g/mol. The number of anilines is 3. The van der Waals surface area contributed by atoms with Crippen LogP contribution in [0.5, 0.6) is 5.75 Å². The Kier molecular flexibility index (Phi) is 5.03. The minimum atomic E-state index is 0.626. The second-order valence-electron chi connectivity index (χ2n) is 6.33. The third-order valence-corrected chi connectivity index (χ3v) is 4.57. The summed E-state index contributed by atoms with van der Waals surface area (Å²) in [6.07, 6.45) is 3.94. The molecule has 0 saturated carbocycles. The van der Waals surface area contributed by atoms with Crippen molar-refractivity contribution in [2.45, 2.75) is 26.3 Å². The van der Waals surface area contributed by atoms with Crippen molar-refractivity contribution in [1.82, 2.24) is 9.97 Å². The van der Waals surface area contributed by atoms with E-state index in [2.05, 4.69) is 27.1 Å². The molecule has 1 aromatic carbocycles. The monoisotopic (exact) mass is 327 g/mol. The molecular weight excluding hydrogens is 302 g/mol. The first-order valence-corrected chi connectivity index (χ1v) is 8.39. The molecule has 128 valence electrons. The Hall–Kier alpha value is -2.50. The number of aromatic nitrogens is 2. The molecule has 6 heteroatoms. The number of piperidine rings is 1. The Balaban J connectivity index is 1.68. The predicted molar refractivity (Wildman–Crippen MR) is 97.4 cm³/mol. The Morgan fingerprint density at radius 1 is 1.21 bits per heavy atom. The van der Waals surface area contributed by atoms with Crippen molar-refractivity contribution in [2.75, 3.05) is 36.1 Å². The van der Waals surface area contributed by atoms with E-state index >= 15 is 0 Å². The number of nitrogens with zero attached hydrogens (tertiary/aromatic N) is 3. The summed E-state index contributed by atoms with van der Waals surface area (Å²) in [5.74, 6) is 3.16. The van der Waals surface area contributed by atoms with Crippen molar-refractivity contribution in [3.8, 4) is 5.75 Å². The molecule has 2 aromatic rings. The molecule has 6 nitrogen and oxygen atoms in total. The number of hydrogen-bond donors (Lipinski definition) is 2. The maximum Gasteiger partial charge on any atom is 0.157 e. The topological polar surface area (TPSA) is 76.3 Å². The zero-order valence-corrected chi connectivity index (χ0v) is 14.3. The van der Waals surface area contributed by atoms with Gasteiger partial charge in [0.05, 0.1) is 7.11 Å². The van der Waals surface area contributed by atoms with Crippen molar-refractivity contribution in [2.24, 2.45) is 5.92 Å². The number of hydrogen-bond acceptors (Lipinski definition) is 6. The average Bonchev–Trinajstić information content (AvgIpc) is 2.62. The van der Waals surface area contributed by atoms with Crippen LogP contribution in [0.2, 0.25) is 0 Å². The van der Waals surface area contributed by atoms with Crippen LogP contribution in [0.3, 0.4) is 0 Å². The van der Waals surface area contributed by atoms with Crippen LogP contribution in [-0.2, 0) is 6.54 Å². The van der Waals surface area contributed by atoms with E-state index < -0.39 is 0 Å². The number of benzene rings is 1. The first kappa shape index (κ1) is 16.4. The van der Waals surface area contributed by atoms with Gasteiger partial charge in [0, 0.05) is 19.6 Å². The molecule has 0 aliphatic carbocycles. The minimum Gasteiger partial charge on any atom is -0.497 e. The van der Waals surface area contributed by atoms with E-state index in [-0.39, 0.29) is 0 Å². The van der Waals surface area contributed by atoms with Gasteiger partial charge < -0.3 is 20.7 Å². The van der Waals surface area contributed by atoms with Crippen LogP contribution in [0, 0.1) is 5.92 Å². The molecule has 1 saturated heterocycles. The number of rotatable bonds is 5. The van der Waals surface area contributed by atoms with Gasteiger partial charge in [-0.15, -0.1) is 0 Å². The summed E-state index contributed by atoms with van der Waals surface area (Å²) in [5.41, 5.74) is 8.08. The van der Waals surface area contributed by atoms with E-state index in [1.54, 1.807) is 13.4 Å². The van der Waals surface area contributed by atoms with E-state index in [1.165, 1.54) is 12.8 Å². The van der Waals surface area contributed by atoms with Crippen LogP contribution in [-0.4, -0.2) is 30.2 Å². The summed E-state index contributed by atoms with van der Waals surface area (Å²) in [7, 11) is 1.66. The zero-order valence-electron chi connectivity index (χ0n) is 14.3. The van der Waals surface area contributed by atoms with Gasteiger partial charge in [0.2, 0.25) is 0 Å². The van der Waals surface area contributed by atoms with Gasteiger partial charge in [0.25, 0.3) is 0 Å². The molecule has 24 heavy (non-hydrogen) atoms. The molecule has 0 radical (unpaired) electrons. The lowest BCUT2D eigenvalue weighted by Crippen LogP contribution is -2.34. The lowest BCUT2D eigenvalue weighted by molar-refractivity contribution is 0.414. The number of nitrogen functional groups attached to an aromatic ring is 1. The van der Waals surface area contributed by atoms with Crippen LogP contribution in [0.4, 0.5) is 17.3 Å². The van der Waals surface area contributed by atoms with E-state index in [0.717, 1.165) is 36.1 Å². The molecule has 0 spiro atoms. The Morgan fingerprint density at radius 3 is 2.58 bits per heavy atom. The smallest absolute Gasteiger partial charge is 0.157 e. The number of nitrogens with one attached hydrogen (secondary N) is 1. The van der Waals surface area contributed by atoms with Gasteiger partial charge in [0.1, 0.15) is 17.8 Å². The molecule has 0 amide bonds. The first-order chi connectivity index (χ1) is 11.7. The van der Waals surface area contributed by atoms with Crippen LogP contribution in [0.1, 0.15) is 25.3 Å². The molecule has 1 aromatic heterocycles. The Bertz CT molecular complexity index is 666. The summed E-state index contributed by atoms with van der Waals surface area (Å²) in [6.45, 7) is 4.95. The predicted octanol–water partition coefficient (Wildman–Crippen LogP) is 2.92. The van der Waals surface area contributed by atoms with Gasteiger partial charge >= 0.3 is 0 Å². The highest BCUT2D eigenvalue weighted by molar-refractivity contribution is 5.75. The van der Waals surface area contributed by atoms with Gasteiger partial charge in [-0.2, -0.15) is 0 Å². The van der Waals surface area contributed by atoms with E-state index in [4.69, 9.17) is 10.5 Å². The number of ether oxygens (including phenoxy) is 1. The van der Waals surface area contributed by atoms with E-state index in [9.17, 15) is 0 Å². The summed E-state index contributed by atoms with van der Waals surface area (Å²) >= 11 is 0. The Morgan fingerprint density at radius 2 is 1.92 bits per heavy atom. The fourth-order valence-electron chi connectivity index (χ4n) is 2.93. The van der Waals surface area contributed by atoms with Crippen LogP contribution < -0.4 is 20.7 Å². The quantitative estimate of drug-likeness (QED) is 0.879. The lowest BCUT2D eigenvalue weighted by atomic mass is 9.99. The summed E-state index contributed by atoms with van der Waals surface area (Å²) < 4.78 is 5.17. The second kappa shape index (κ2) is 7.38. The number of methoxy groups -OCH3 is 1. The third kappa shape index (κ3) is 3.69.